The highest BCUT2D eigenvalue weighted by molar-refractivity contribution is 5.77. The molecule has 3 heterocycles. The van der Waals surface area contributed by atoms with Crippen molar-refractivity contribution < 1.29 is 9.53 Å². The summed E-state index contributed by atoms with van der Waals surface area (Å²) in [5.74, 6) is 2.39. The molecule has 1 N–H and O–H groups in total. The van der Waals surface area contributed by atoms with Gasteiger partial charge in [0.05, 0.1) is 0 Å². The molecule has 2 aromatic heterocycles. The third-order valence-corrected chi connectivity index (χ3v) is 4.82. The maximum absolute atomic E-state index is 11.9. The molecule has 0 aliphatic carbocycles. The second-order valence-corrected chi connectivity index (χ2v) is 6.69. The number of aryl methyl sites for hydroxylation is 1. The lowest BCUT2D eigenvalue weighted by molar-refractivity contribution is -0.136. The topological polar surface area (TPSA) is 67.3 Å². The van der Waals surface area contributed by atoms with Crippen LogP contribution in [0, 0.1) is 5.92 Å². The molecule has 0 spiro atoms. The van der Waals surface area contributed by atoms with Crippen molar-refractivity contribution in [1.82, 2.24) is 14.9 Å². The number of pyridine rings is 2. The van der Waals surface area contributed by atoms with E-state index in [4.69, 9.17) is 4.74 Å². The van der Waals surface area contributed by atoms with Gasteiger partial charge in [-0.3, -0.25) is 4.79 Å². The van der Waals surface area contributed by atoms with E-state index in [0.29, 0.717) is 5.92 Å². The number of carbonyl (C=O) groups is 1. The molecular formula is C20H26N4O2. The molecule has 1 saturated heterocycles. The van der Waals surface area contributed by atoms with Gasteiger partial charge < -0.3 is 15.0 Å². The third-order valence-electron chi connectivity index (χ3n) is 4.82. The molecule has 3 rings (SSSR count). The number of ether oxygens (including phenoxy) is 1. The average Bonchev–Trinajstić information content (AvgIpc) is 2.68. The van der Waals surface area contributed by atoms with Gasteiger partial charge in [0.1, 0.15) is 18.2 Å². The molecule has 2 aromatic rings. The Morgan fingerprint density at radius 1 is 1.19 bits per heavy atom. The molecule has 6 nitrogen and oxygen atoms in total. The lowest BCUT2D eigenvalue weighted by atomic mass is 9.90. The fraction of sp³-hybridized carbons (Fsp3) is 0.450. The van der Waals surface area contributed by atoms with Gasteiger partial charge in [0, 0.05) is 32.6 Å². The van der Waals surface area contributed by atoms with Gasteiger partial charge in [0.25, 0.3) is 0 Å². The van der Waals surface area contributed by atoms with Crippen molar-refractivity contribution in [2.45, 2.75) is 25.7 Å². The number of nitrogens with zero attached hydrogens (tertiary/aromatic N) is 3. The van der Waals surface area contributed by atoms with E-state index in [0.717, 1.165) is 50.4 Å². The molecule has 0 aromatic carbocycles. The van der Waals surface area contributed by atoms with Crippen molar-refractivity contribution in [1.29, 1.82) is 0 Å². The number of anilines is 2. The molecule has 0 saturated carbocycles. The van der Waals surface area contributed by atoms with Crippen LogP contribution in [0.25, 0.3) is 0 Å². The van der Waals surface area contributed by atoms with Crippen LogP contribution in [0.5, 0.6) is 0 Å². The minimum atomic E-state index is 0.102. The van der Waals surface area contributed by atoms with E-state index in [1.807, 2.05) is 29.3 Å². The van der Waals surface area contributed by atoms with Gasteiger partial charge in [0.15, 0.2) is 0 Å². The summed E-state index contributed by atoms with van der Waals surface area (Å²) in [6.45, 7) is 1.87. The van der Waals surface area contributed by atoms with E-state index in [9.17, 15) is 4.79 Å². The Balaban J connectivity index is 1.47. The summed E-state index contributed by atoms with van der Waals surface area (Å²) in [5.41, 5.74) is 1.27. The molecule has 1 amide bonds. The first kappa shape index (κ1) is 18.3. The van der Waals surface area contributed by atoms with Crippen molar-refractivity contribution in [2.75, 3.05) is 32.1 Å². The number of likely N-dealkylation sites (tertiary alicyclic amines) is 1. The Kier molecular flexibility index (Phi) is 6.55. The normalized spacial score (nSPS) is 15.0. The van der Waals surface area contributed by atoms with Crippen LogP contribution in [0.15, 0.2) is 42.7 Å². The van der Waals surface area contributed by atoms with Gasteiger partial charge in [-0.1, -0.05) is 6.07 Å². The first-order valence-electron chi connectivity index (χ1n) is 9.14. The van der Waals surface area contributed by atoms with E-state index in [2.05, 4.69) is 27.4 Å². The molecule has 1 aliphatic rings. The second kappa shape index (κ2) is 9.29. The van der Waals surface area contributed by atoms with Crippen LogP contribution in [0.2, 0.25) is 0 Å². The average molecular weight is 354 g/mol. The Bertz CT molecular complexity index is 700. The van der Waals surface area contributed by atoms with Crippen LogP contribution in [0.1, 0.15) is 24.8 Å². The van der Waals surface area contributed by atoms with Gasteiger partial charge in [0.2, 0.25) is 5.91 Å². The fourth-order valence-corrected chi connectivity index (χ4v) is 3.32. The number of hydrogen-bond acceptors (Lipinski definition) is 5. The molecule has 0 unspecified atom stereocenters. The van der Waals surface area contributed by atoms with Gasteiger partial charge in [-0.15, -0.1) is 0 Å². The van der Waals surface area contributed by atoms with Crippen LogP contribution < -0.4 is 5.32 Å². The summed E-state index contributed by atoms with van der Waals surface area (Å²) < 4.78 is 4.94. The van der Waals surface area contributed by atoms with E-state index in [1.165, 1.54) is 5.56 Å². The molecule has 0 radical (unpaired) electrons. The summed E-state index contributed by atoms with van der Waals surface area (Å²) in [5, 5.41) is 3.23. The van der Waals surface area contributed by atoms with Crippen LogP contribution in [0.4, 0.5) is 11.6 Å². The van der Waals surface area contributed by atoms with Crippen molar-refractivity contribution in [3.8, 4) is 0 Å². The van der Waals surface area contributed by atoms with Gasteiger partial charge in [-0.2, -0.15) is 0 Å². The summed E-state index contributed by atoms with van der Waals surface area (Å²) >= 11 is 0. The van der Waals surface area contributed by atoms with Crippen molar-refractivity contribution in [2.24, 2.45) is 5.92 Å². The quantitative estimate of drug-likeness (QED) is 0.828. The molecule has 26 heavy (non-hydrogen) atoms. The SMILES string of the molecule is COCC(=O)N1CCC(CCc2ccnc(Nc3ccccn3)c2)CC1. The maximum atomic E-state index is 11.9. The van der Waals surface area contributed by atoms with E-state index in [-0.39, 0.29) is 12.5 Å². The minimum absolute atomic E-state index is 0.102. The number of aromatic nitrogens is 2. The highest BCUT2D eigenvalue weighted by Gasteiger charge is 2.22. The van der Waals surface area contributed by atoms with Gasteiger partial charge in [-0.25, -0.2) is 9.97 Å². The summed E-state index contributed by atoms with van der Waals surface area (Å²) in [4.78, 5) is 22.4. The van der Waals surface area contributed by atoms with Crippen molar-refractivity contribution in [3.63, 3.8) is 0 Å². The van der Waals surface area contributed by atoms with Crippen LogP contribution >= 0.6 is 0 Å². The van der Waals surface area contributed by atoms with Crippen LogP contribution in [0.3, 0.4) is 0 Å². The Hall–Kier alpha value is -2.47. The number of nitrogens with one attached hydrogen (secondary N) is 1. The molecule has 138 valence electrons. The maximum Gasteiger partial charge on any atom is 0.248 e. The third kappa shape index (κ3) is 5.26. The second-order valence-electron chi connectivity index (χ2n) is 6.69. The number of hydrogen-bond donors (Lipinski definition) is 1. The minimum Gasteiger partial charge on any atom is -0.375 e. The zero-order valence-corrected chi connectivity index (χ0v) is 15.2. The van der Waals surface area contributed by atoms with E-state index >= 15 is 0 Å². The highest BCUT2D eigenvalue weighted by atomic mass is 16.5. The van der Waals surface area contributed by atoms with E-state index < -0.39 is 0 Å². The first-order valence-corrected chi connectivity index (χ1v) is 9.14. The van der Waals surface area contributed by atoms with Crippen LogP contribution in [-0.4, -0.2) is 47.6 Å². The molecule has 0 atom stereocenters. The number of rotatable bonds is 7. The zero-order valence-electron chi connectivity index (χ0n) is 15.2. The molecule has 0 bridgehead atoms. The number of amides is 1. The lowest BCUT2D eigenvalue weighted by Gasteiger charge is -2.32. The van der Waals surface area contributed by atoms with Crippen molar-refractivity contribution >= 4 is 17.5 Å². The Morgan fingerprint density at radius 2 is 2.00 bits per heavy atom. The largest absolute Gasteiger partial charge is 0.375 e. The number of methoxy groups -OCH3 is 1. The molecule has 1 aliphatic heterocycles. The molecule has 6 heteroatoms. The first-order chi connectivity index (χ1) is 12.7. The summed E-state index contributed by atoms with van der Waals surface area (Å²) in [6.07, 6.45) is 7.90. The Morgan fingerprint density at radius 3 is 2.73 bits per heavy atom. The Labute approximate surface area is 154 Å². The number of piperidine rings is 1. The standard InChI is InChI=1S/C20H26N4O2/c1-26-15-20(25)24-12-8-16(9-13-24)5-6-17-7-11-22-19(14-17)23-18-4-2-3-10-21-18/h2-4,7,10-11,14,16H,5-6,8-9,12-13,15H2,1H3,(H,21,22,23). The van der Waals surface area contributed by atoms with Gasteiger partial charge in [-0.05, 0) is 61.4 Å². The smallest absolute Gasteiger partial charge is 0.248 e. The number of carbonyl (C=O) groups excluding carboxylic acids is 1. The summed E-state index contributed by atoms with van der Waals surface area (Å²) in [6, 6.07) is 9.92. The lowest BCUT2D eigenvalue weighted by Crippen LogP contribution is -2.40. The predicted molar refractivity (Wildman–Crippen MR) is 101 cm³/mol. The fourth-order valence-electron chi connectivity index (χ4n) is 3.32. The molecular weight excluding hydrogens is 328 g/mol. The van der Waals surface area contributed by atoms with Crippen LogP contribution in [-0.2, 0) is 16.0 Å². The van der Waals surface area contributed by atoms with Gasteiger partial charge >= 0.3 is 0 Å². The monoisotopic (exact) mass is 354 g/mol. The zero-order chi connectivity index (χ0) is 18.2. The highest BCUT2D eigenvalue weighted by Crippen LogP contribution is 2.23. The predicted octanol–water partition coefficient (Wildman–Crippen LogP) is 3.04. The van der Waals surface area contributed by atoms with E-state index in [1.54, 1.807) is 13.3 Å². The summed E-state index contributed by atoms with van der Waals surface area (Å²) in [7, 11) is 1.57. The van der Waals surface area contributed by atoms with Crippen molar-refractivity contribution in [3.05, 3.63) is 48.3 Å². The molecule has 1 fully saturated rings.